The van der Waals surface area contributed by atoms with Gasteiger partial charge < -0.3 is 19.6 Å². The van der Waals surface area contributed by atoms with Crippen molar-refractivity contribution in [2.75, 3.05) is 26.7 Å². The molecule has 1 unspecified atom stereocenters. The molecule has 0 spiro atoms. The van der Waals surface area contributed by atoms with E-state index in [1.807, 2.05) is 13.1 Å². The van der Waals surface area contributed by atoms with Crippen molar-refractivity contribution in [3.63, 3.8) is 0 Å². The number of rotatable bonds is 6. The summed E-state index contributed by atoms with van der Waals surface area (Å²) in [5, 5.41) is 15.7. The zero-order chi connectivity index (χ0) is 19.9. The molecule has 0 saturated carbocycles. The molecule has 0 radical (unpaired) electrons. The summed E-state index contributed by atoms with van der Waals surface area (Å²) in [4.78, 5) is 6.92. The van der Waals surface area contributed by atoms with Gasteiger partial charge in [0, 0.05) is 26.6 Å². The van der Waals surface area contributed by atoms with Gasteiger partial charge in [-0.2, -0.15) is 0 Å². The Hall–Kier alpha value is -1.62. The molecule has 4 heterocycles. The summed E-state index contributed by atoms with van der Waals surface area (Å²) in [7, 11) is 1.81. The zero-order valence-electron chi connectivity index (χ0n) is 17.8. The second-order valence-electron chi connectivity index (χ2n) is 7.93. The summed E-state index contributed by atoms with van der Waals surface area (Å²) < 4.78 is 8.01. The van der Waals surface area contributed by atoms with Crippen LogP contribution in [0.15, 0.2) is 27.8 Å². The standard InChI is InChI=1S/C21H33N7O.HI/c1-22-21(24-16-20-26-25-19-10-4-2-7-13-28(19)20)23-15-17(18-9-8-14-29-18)27-11-5-3-6-12-27;/h8-9,14,17H,2-7,10-13,15-16H2,1H3,(H2,22,23,24);1H. The smallest absolute Gasteiger partial charge is 0.191 e. The van der Waals surface area contributed by atoms with Crippen molar-refractivity contribution in [1.29, 1.82) is 0 Å². The highest BCUT2D eigenvalue weighted by Gasteiger charge is 2.24. The molecule has 1 fully saturated rings. The van der Waals surface area contributed by atoms with Crippen LogP contribution in [0.4, 0.5) is 0 Å². The molecule has 0 amide bonds. The SMILES string of the molecule is CN=C(NCc1nnc2n1CCCCC2)NCC(c1ccco1)N1CCCCC1.I. The number of nitrogens with one attached hydrogen (secondary N) is 2. The maximum atomic E-state index is 5.74. The molecule has 2 aromatic heterocycles. The Morgan fingerprint density at radius 2 is 1.90 bits per heavy atom. The molecule has 8 nitrogen and oxygen atoms in total. The highest BCUT2D eigenvalue weighted by Crippen LogP contribution is 2.24. The first-order valence-electron chi connectivity index (χ1n) is 11.0. The molecular weight excluding hydrogens is 493 g/mol. The Balaban J connectivity index is 0.00000256. The van der Waals surface area contributed by atoms with E-state index in [2.05, 4.69) is 41.4 Å². The number of hydrogen-bond acceptors (Lipinski definition) is 5. The molecule has 0 bridgehead atoms. The lowest BCUT2D eigenvalue weighted by Gasteiger charge is -2.33. The normalized spacial score (nSPS) is 18.8. The van der Waals surface area contributed by atoms with Gasteiger partial charge in [0.2, 0.25) is 0 Å². The molecule has 1 atom stereocenters. The number of guanidine groups is 1. The molecule has 2 aromatic rings. The molecule has 2 N–H and O–H groups in total. The number of halogens is 1. The first kappa shape index (κ1) is 23.1. The van der Waals surface area contributed by atoms with Gasteiger partial charge in [-0.15, -0.1) is 34.2 Å². The van der Waals surface area contributed by atoms with Gasteiger partial charge in [-0.25, -0.2) is 0 Å². The number of aryl methyl sites for hydroxylation is 1. The van der Waals surface area contributed by atoms with Gasteiger partial charge in [0.05, 0.1) is 18.8 Å². The minimum absolute atomic E-state index is 0. The predicted octanol–water partition coefficient (Wildman–Crippen LogP) is 3.11. The van der Waals surface area contributed by atoms with Crippen LogP contribution in [-0.2, 0) is 19.5 Å². The highest BCUT2D eigenvalue weighted by atomic mass is 127. The van der Waals surface area contributed by atoms with Crippen molar-refractivity contribution < 1.29 is 4.42 Å². The van der Waals surface area contributed by atoms with Gasteiger partial charge in [-0.1, -0.05) is 12.8 Å². The fourth-order valence-electron chi connectivity index (χ4n) is 4.37. The third-order valence-corrected chi connectivity index (χ3v) is 5.99. The maximum Gasteiger partial charge on any atom is 0.191 e. The van der Waals surface area contributed by atoms with Crippen LogP contribution < -0.4 is 10.6 Å². The van der Waals surface area contributed by atoms with Crippen LogP contribution in [0.1, 0.15) is 62.0 Å². The number of likely N-dealkylation sites (tertiary alicyclic amines) is 1. The Kier molecular flexibility index (Phi) is 8.98. The molecule has 166 valence electrons. The first-order chi connectivity index (χ1) is 14.3. The summed E-state index contributed by atoms with van der Waals surface area (Å²) in [6, 6.07) is 4.26. The topological polar surface area (TPSA) is 83.5 Å². The Morgan fingerprint density at radius 1 is 1.10 bits per heavy atom. The van der Waals surface area contributed by atoms with E-state index in [0.29, 0.717) is 6.54 Å². The van der Waals surface area contributed by atoms with Crippen LogP contribution in [0.3, 0.4) is 0 Å². The minimum Gasteiger partial charge on any atom is -0.468 e. The molecule has 9 heteroatoms. The second kappa shape index (κ2) is 11.7. The number of piperidine rings is 1. The average Bonchev–Trinajstić information content (AvgIpc) is 3.36. The van der Waals surface area contributed by atoms with Crippen LogP contribution in [0.5, 0.6) is 0 Å². The largest absolute Gasteiger partial charge is 0.468 e. The summed E-state index contributed by atoms with van der Waals surface area (Å²) in [5.41, 5.74) is 0. The zero-order valence-corrected chi connectivity index (χ0v) is 20.2. The van der Waals surface area contributed by atoms with Crippen molar-refractivity contribution in [1.82, 2.24) is 30.3 Å². The maximum absolute atomic E-state index is 5.74. The van der Waals surface area contributed by atoms with Crippen LogP contribution in [0.2, 0.25) is 0 Å². The fraction of sp³-hybridized carbons (Fsp3) is 0.667. The van der Waals surface area contributed by atoms with Crippen LogP contribution >= 0.6 is 24.0 Å². The van der Waals surface area contributed by atoms with Crippen LogP contribution in [-0.4, -0.2) is 52.3 Å². The number of nitrogens with zero attached hydrogens (tertiary/aromatic N) is 5. The summed E-state index contributed by atoms with van der Waals surface area (Å²) in [6.07, 6.45) is 10.3. The molecule has 2 aliphatic heterocycles. The highest BCUT2D eigenvalue weighted by molar-refractivity contribution is 14.0. The number of fused-ring (bicyclic) bond motifs is 1. The molecule has 1 saturated heterocycles. The van der Waals surface area contributed by atoms with Crippen molar-refractivity contribution >= 4 is 29.9 Å². The van der Waals surface area contributed by atoms with Gasteiger partial charge in [-0.3, -0.25) is 9.89 Å². The monoisotopic (exact) mass is 527 g/mol. The van der Waals surface area contributed by atoms with E-state index in [-0.39, 0.29) is 30.0 Å². The van der Waals surface area contributed by atoms with E-state index in [1.54, 1.807) is 6.26 Å². The Morgan fingerprint density at radius 3 is 2.67 bits per heavy atom. The van der Waals surface area contributed by atoms with E-state index in [4.69, 9.17) is 4.42 Å². The molecule has 0 aromatic carbocycles. The third kappa shape index (κ3) is 5.75. The second-order valence-corrected chi connectivity index (χ2v) is 7.93. The lowest BCUT2D eigenvalue weighted by atomic mass is 10.1. The lowest BCUT2D eigenvalue weighted by molar-refractivity contribution is 0.146. The quantitative estimate of drug-likeness (QED) is 0.342. The predicted molar refractivity (Wildman–Crippen MR) is 128 cm³/mol. The van der Waals surface area contributed by atoms with Gasteiger partial charge in [-0.05, 0) is 50.9 Å². The van der Waals surface area contributed by atoms with E-state index in [1.165, 1.54) is 38.5 Å². The summed E-state index contributed by atoms with van der Waals surface area (Å²) in [5.74, 6) is 3.90. The Bertz CT molecular complexity index is 783. The average molecular weight is 527 g/mol. The van der Waals surface area contributed by atoms with E-state index in [0.717, 1.165) is 56.0 Å². The molecule has 2 aliphatic rings. The summed E-state index contributed by atoms with van der Waals surface area (Å²) >= 11 is 0. The van der Waals surface area contributed by atoms with Gasteiger partial charge >= 0.3 is 0 Å². The number of aliphatic imine (C=N–C) groups is 1. The fourth-order valence-corrected chi connectivity index (χ4v) is 4.37. The molecule has 0 aliphatic carbocycles. The van der Waals surface area contributed by atoms with Gasteiger partial charge in [0.15, 0.2) is 11.8 Å². The summed E-state index contributed by atoms with van der Waals surface area (Å²) in [6.45, 7) is 4.63. The van der Waals surface area contributed by atoms with Crippen LogP contribution in [0.25, 0.3) is 0 Å². The first-order valence-corrected chi connectivity index (χ1v) is 11.0. The number of hydrogen-bond donors (Lipinski definition) is 2. The van der Waals surface area contributed by atoms with Gasteiger partial charge in [0.1, 0.15) is 11.6 Å². The number of furan rings is 1. The minimum atomic E-state index is 0. The van der Waals surface area contributed by atoms with Gasteiger partial charge in [0.25, 0.3) is 0 Å². The number of aromatic nitrogens is 3. The van der Waals surface area contributed by atoms with Crippen molar-refractivity contribution in [2.45, 2.75) is 64.1 Å². The molecule has 4 rings (SSSR count). The Labute approximate surface area is 195 Å². The lowest BCUT2D eigenvalue weighted by Crippen LogP contribution is -2.44. The molecule has 30 heavy (non-hydrogen) atoms. The van der Waals surface area contributed by atoms with Crippen LogP contribution in [0, 0.1) is 0 Å². The van der Waals surface area contributed by atoms with E-state index < -0.39 is 0 Å². The van der Waals surface area contributed by atoms with Crippen molar-refractivity contribution in [3.8, 4) is 0 Å². The van der Waals surface area contributed by atoms with E-state index in [9.17, 15) is 0 Å². The van der Waals surface area contributed by atoms with Crippen molar-refractivity contribution in [3.05, 3.63) is 35.8 Å². The van der Waals surface area contributed by atoms with E-state index >= 15 is 0 Å². The van der Waals surface area contributed by atoms with Crippen molar-refractivity contribution in [2.24, 2.45) is 4.99 Å². The molecular formula is C21H34IN7O. The third-order valence-electron chi connectivity index (χ3n) is 5.99.